The topological polar surface area (TPSA) is 20.2 Å². The van der Waals surface area contributed by atoms with Gasteiger partial charge in [0.1, 0.15) is 0 Å². The zero-order chi connectivity index (χ0) is 18.5. The minimum Gasteiger partial charge on any atom is -0.390 e. The van der Waals surface area contributed by atoms with Gasteiger partial charge in [-0.1, -0.05) is 52.2 Å². The average molecular weight is 359 g/mol. The molecule has 1 N–H and O–H groups in total. The summed E-state index contributed by atoms with van der Waals surface area (Å²) in [7, 11) is 0. The van der Waals surface area contributed by atoms with Gasteiger partial charge in [0, 0.05) is 0 Å². The fraction of sp³-hybridized carbons (Fsp3) is 0.920. The zero-order valence-electron chi connectivity index (χ0n) is 17.8. The van der Waals surface area contributed by atoms with E-state index in [1.54, 1.807) is 5.57 Å². The molecule has 4 aliphatic carbocycles. The van der Waals surface area contributed by atoms with Crippen molar-refractivity contribution in [1.82, 2.24) is 0 Å². The van der Waals surface area contributed by atoms with Crippen LogP contribution in [0, 0.1) is 40.9 Å². The van der Waals surface area contributed by atoms with Gasteiger partial charge in [0.15, 0.2) is 0 Å². The van der Waals surface area contributed by atoms with Crippen molar-refractivity contribution in [3.8, 4) is 0 Å². The smallest absolute Gasteiger partial charge is 0.0682 e. The van der Waals surface area contributed by atoms with Gasteiger partial charge < -0.3 is 5.11 Å². The zero-order valence-corrected chi connectivity index (χ0v) is 17.8. The molecular formula is C25H42O. The maximum absolute atomic E-state index is 10.8. The second-order valence-corrected chi connectivity index (χ2v) is 10.8. The predicted molar refractivity (Wildman–Crippen MR) is 110 cm³/mol. The largest absolute Gasteiger partial charge is 0.390 e. The van der Waals surface area contributed by atoms with Crippen LogP contribution in [0.5, 0.6) is 0 Å². The lowest BCUT2D eigenvalue weighted by molar-refractivity contribution is -0.0459. The summed E-state index contributed by atoms with van der Waals surface area (Å²) in [5, 5.41) is 10.8. The van der Waals surface area contributed by atoms with E-state index in [0.717, 1.165) is 54.8 Å². The normalized spacial score (nSPS) is 49.0. The molecule has 0 amide bonds. The van der Waals surface area contributed by atoms with E-state index in [4.69, 9.17) is 0 Å². The highest BCUT2D eigenvalue weighted by Crippen LogP contribution is 2.65. The van der Waals surface area contributed by atoms with Gasteiger partial charge in [-0.15, -0.1) is 0 Å². The number of fused-ring (bicyclic) bond motifs is 5. The fourth-order valence-electron chi connectivity index (χ4n) is 8.30. The molecule has 3 fully saturated rings. The van der Waals surface area contributed by atoms with Gasteiger partial charge in [-0.2, -0.15) is 0 Å². The number of aliphatic hydroxyl groups is 1. The summed E-state index contributed by atoms with van der Waals surface area (Å²) >= 11 is 0. The highest BCUT2D eigenvalue weighted by atomic mass is 16.3. The molecule has 1 nitrogen and oxygen atoms in total. The molecule has 4 aliphatic rings. The van der Waals surface area contributed by atoms with Gasteiger partial charge in [-0.3, -0.25) is 0 Å². The number of hydrogen-bond donors (Lipinski definition) is 1. The van der Waals surface area contributed by atoms with Crippen LogP contribution in [0.3, 0.4) is 0 Å². The van der Waals surface area contributed by atoms with Crippen LogP contribution in [0.15, 0.2) is 11.6 Å². The Balaban J connectivity index is 1.54. The standard InChI is InChI=1S/C25H42O/c1-5-7-17(3)22-10-11-23-21-9-8-18-16-25(26,6-2)15-13-19(18)20(21)12-14-24(22,23)4/h8,17,19-23,26H,5-7,9-16H2,1-4H3/t17-,19+,20-,21-,22-,23+,24-,25+/m1/s1. The Morgan fingerprint density at radius 2 is 1.92 bits per heavy atom. The average Bonchev–Trinajstić information content (AvgIpc) is 2.99. The monoisotopic (exact) mass is 358 g/mol. The van der Waals surface area contributed by atoms with Crippen LogP contribution in [-0.4, -0.2) is 10.7 Å². The minimum absolute atomic E-state index is 0.396. The van der Waals surface area contributed by atoms with Crippen LogP contribution < -0.4 is 0 Å². The molecule has 0 spiro atoms. The first kappa shape index (κ1) is 19.0. The summed E-state index contributed by atoms with van der Waals surface area (Å²) in [6.45, 7) is 9.73. The van der Waals surface area contributed by atoms with Gasteiger partial charge in [0.2, 0.25) is 0 Å². The molecule has 0 aromatic heterocycles. The summed E-state index contributed by atoms with van der Waals surface area (Å²) in [5.41, 5.74) is 1.85. The van der Waals surface area contributed by atoms with Gasteiger partial charge in [-0.25, -0.2) is 0 Å². The van der Waals surface area contributed by atoms with Crippen molar-refractivity contribution in [2.24, 2.45) is 40.9 Å². The highest BCUT2D eigenvalue weighted by Gasteiger charge is 2.56. The highest BCUT2D eigenvalue weighted by molar-refractivity contribution is 5.22. The lowest BCUT2D eigenvalue weighted by Gasteiger charge is -2.55. The van der Waals surface area contributed by atoms with Crippen LogP contribution in [0.2, 0.25) is 0 Å². The van der Waals surface area contributed by atoms with E-state index in [9.17, 15) is 5.11 Å². The van der Waals surface area contributed by atoms with Crippen molar-refractivity contribution in [2.45, 2.75) is 104 Å². The van der Waals surface area contributed by atoms with E-state index < -0.39 is 5.60 Å². The fourth-order valence-corrected chi connectivity index (χ4v) is 8.30. The molecule has 0 radical (unpaired) electrons. The summed E-state index contributed by atoms with van der Waals surface area (Å²) in [6.07, 6.45) is 16.8. The summed E-state index contributed by atoms with van der Waals surface area (Å²) in [5.74, 6) is 5.52. The lowest BCUT2D eigenvalue weighted by atomic mass is 9.50. The molecule has 0 heterocycles. The van der Waals surface area contributed by atoms with Crippen molar-refractivity contribution in [2.75, 3.05) is 0 Å². The van der Waals surface area contributed by atoms with E-state index in [0.29, 0.717) is 5.41 Å². The molecule has 1 heteroatoms. The Morgan fingerprint density at radius 1 is 1.12 bits per heavy atom. The lowest BCUT2D eigenvalue weighted by Crippen LogP contribution is -2.48. The van der Waals surface area contributed by atoms with Crippen LogP contribution in [0.25, 0.3) is 0 Å². The number of allylic oxidation sites excluding steroid dienone is 1. The summed E-state index contributed by atoms with van der Waals surface area (Å²) in [4.78, 5) is 0. The summed E-state index contributed by atoms with van der Waals surface area (Å²) < 4.78 is 0. The van der Waals surface area contributed by atoms with E-state index in [1.165, 1.54) is 51.4 Å². The molecule has 0 unspecified atom stereocenters. The molecule has 148 valence electrons. The van der Waals surface area contributed by atoms with Gasteiger partial charge >= 0.3 is 0 Å². The predicted octanol–water partition coefficient (Wildman–Crippen LogP) is 6.75. The molecule has 26 heavy (non-hydrogen) atoms. The Kier molecular flexibility index (Phi) is 5.08. The molecule has 0 bridgehead atoms. The Morgan fingerprint density at radius 3 is 2.65 bits per heavy atom. The molecule has 0 aliphatic heterocycles. The molecule has 0 aromatic carbocycles. The first-order valence-corrected chi connectivity index (χ1v) is 11.8. The van der Waals surface area contributed by atoms with Crippen molar-refractivity contribution in [3.05, 3.63) is 11.6 Å². The van der Waals surface area contributed by atoms with Crippen molar-refractivity contribution in [3.63, 3.8) is 0 Å². The molecule has 4 rings (SSSR count). The van der Waals surface area contributed by atoms with Gasteiger partial charge in [-0.05, 0) is 98.7 Å². The number of rotatable bonds is 4. The molecule has 0 saturated heterocycles. The SMILES string of the molecule is CCC[C@@H](C)[C@H]1CC[C@H]2[C@@H]3CC=C4C[C@](O)(CC)CC[C@@H]4[C@H]3CC[C@]12C. The van der Waals surface area contributed by atoms with E-state index >= 15 is 0 Å². The molecular weight excluding hydrogens is 316 g/mol. The number of hydrogen-bond acceptors (Lipinski definition) is 1. The maximum atomic E-state index is 10.8. The van der Waals surface area contributed by atoms with Crippen molar-refractivity contribution in [1.29, 1.82) is 0 Å². The third-order valence-corrected chi connectivity index (χ3v) is 9.75. The Bertz CT molecular complexity index is 550. The van der Waals surface area contributed by atoms with Crippen LogP contribution in [-0.2, 0) is 0 Å². The first-order valence-electron chi connectivity index (χ1n) is 11.8. The first-order chi connectivity index (χ1) is 12.4. The Labute approximate surface area is 162 Å². The van der Waals surface area contributed by atoms with Crippen LogP contribution in [0.4, 0.5) is 0 Å². The summed E-state index contributed by atoms with van der Waals surface area (Å²) in [6, 6.07) is 0. The molecule has 3 saturated carbocycles. The van der Waals surface area contributed by atoms with Gasteiger partial charge in [0.05, 0.1) is 5.60 Å². The Hall–Kier alpha value is -0.300. The van der Waals surface area contributed by atoms with Crippen molar-refractivity contribution < 1.29 is 5.11 Å². The third kappa shape index (κ3) is 2.92. The van der Waals surface area contributed by atoms with Crippen LogP contribution >= 0.6 is 0 Å². The molecule has 0 aromatic rings. The maximum Gasteiger partial charge on any atom is 0.0682 e. The minimum atomic E-state index is -0.396. The second kappa shape index (κ2) is 6.94. The van der Waals surface area contributed by atoms with Crippen molar-refractivity contribution >= 4 is 0 Å². The van der Waals surface area contributed by atoms with Gasteiger partial charge in [0.25, 0.3) is 0 Å². The molecule has 8 atom stereocenters. The quantitative estimate of drug-likeness (QED) is 0.551. The van der Waals surface area contributed by atoms with E-state index in [-0.39, 0.29) is 0 Å². The van der Waals surface area contributed by atoms with E-state index in [1.807, 2.05) is 0 Å². The third-order valence-electron chi connectivity index (χ3n) is 9.75. The van der Waals surface area contributed by atoms with E-state index in [2.05, 4.69) is 33.8 Å². The van der Waals surface area contributed by atoms with Crippen LogP contribution in [0.1, 0.15) is 98.3 Å². The second-order valence-electron chi connectivity index (χ2n) is 10.8.